The summed E-state index contributed by atoms with van der Waals surface area (Å²) in [5.74, 6) is 0. The average molecular weight is 343 g/mol. The second-order valence-corrected chi connectivity index (χ2v) is 5.36. The molecule has 1 heterocycles. The fourth-order valence-corrected chi connectivity index (χ4v) is 2.95. The minimum Gasteiger partial charge on any atom is -0.412 e. The van der Waals surface area contributed by atoms with E-state index in [1.165, 1.54) is 16.5 Å². The van der Waals surface area contributed by atoms with Crippen LogP contribution in [0.2, 0.25) is 0 Å². The molecule has 1 fully saturated rings. The van der Waals surface area contributed by atoms with Crippen LogP contribution in [0, 0.1) is 0 Å². The first-order valence-corrected chi connectivity index (χ1v) is 7.34. The highest BCUT2D eigenvalue weighted by Gasteiger charge is 2.26. The Morgan fingerprint density at radius 1 is 1.04 bits per heavy atom. The van der Waals surface area contributed by atoms with Crippen LogP contribution in [0.1, 0.15) is 6.92 Å². The minimum absolute atomic E-state index is 0. The molecule has 4 N–H and O–H groups in total. The van der Waals surface area contributed by atoms with Gasteiger partial charge in [-0.15, -0.1) is 12.4 Å². The smallest absolute Gasteiger partial charge is 0.142 e. The number of hydrogen-bond donors (Lipinski definition) is 0. The van der Waals surface area contributed by atoms with E-state index in [0.717, 1.165) is 26.2 Å². The molecule has 1 aliphatic rings. The van der Waals surface area contributed by atoms with E-state index in [0.29, 0.717) is 0 Å². The highest BCUT2D eigenvalue weighted by molar-refractivity contribution is 5.94. The Morgan fingerprint density at radius 2 is 1.74 bits per heavy atom. The molecule has 130 valence electrons. The number of benzene rings is 2. The Kier molecular flexibility index (Phi) is 9.12. The summed E-state index contributed by atoms with van der Waals surface area (Å²) in [4.78, 5) is 4.74. The third-order valence-corrected chi connectivity index (χ3v) is 3.97. The normalized spacial score (nSPS) is 17.8. The fraction of sp³-hybridized carbons (Fsp3) is 0.412. The monoisotopic (exact) mass is 342 g/mol. The van der Waals surface area contributed by atoms with E-state index in [2.05, 4.69) is 66.2 Å². The first kappa shape index (κ1) is 21.6. The van der Waals surface area contributed by atoms with Crippen LogP contribution in [0.25, 0.3) is 10.8 Å². The lowest BCUT2D eigenvalue weighted by atomic mass is 10.1. The molecule has 0 amide bonds. The lowest BCUT2D eigenvalue weighted by molar-refractivity contribution is 0.0213. The maximum absolute atomic E-state index is 5.95. The molecule has 2 aromatic carbocycles. The van der Waals surface area contributed by atoms with E-state index in [9.17, 15) is 0 Å². The highest BCUT2D eigenvalue weighted by atomic mass is 35.5. The number of rotatable bonds is 3. The SMILES string of the molecule is CCOC1CN(C)CCN1c1cccc2ccccc12.Cl.O.O. The summed E-state index contributed by atoms with van der Waals surface area (Å²) >= 11 is 0. The molecule has 0 aliphatic carbocycles. The van der Waals surface area contributed by atoms with Crippen molar-refractivity contribution in [3.8, 4) is 0 Å². The molecular weight excluding hydrogens is 316 g/mol. The molecule has 1 atom stereocenters. The Labute approximate surface area is 143 Å². The number of likely N-dealkylation sites (N-methyl/N-ethyl adjacent to an activating group) is 1. The lowest BCUT2D eigenvalue weighted by Crippen LogP contribution is -2.53. The summed E-state index contributed by atoms with van der Waals surface area (Å²) in [5, 5.41) is 2.60. The zero-order chi connectivity index (χ0) is 13.9. The van der Waals surface area contributed by atoms with Gasteiger partial charge in [0.15, 0.2) is 0 Å². The van der Waals surface area contributed by atoms with Gasteiger partial charge in [-0.2, -0.15) is 0 Å². The van der Waals surface area contributed by atoms with Crippen molar-refractivity contribution in [2.75, 3.05) is 38.2 Å². The molecule has 2 aromatic rings. The number of ether oxygens (including phenoxy) is 1. The predicted molar refractivity (Wildman–Crippen MR) is 98.7 cm³/mol. The van der Waals surface area contributed by atoms with Gasteiger partial charge in [-0.05, 0) is 25.4 Å². The van der Waals surface area contributed by atoms with Crippen molar-refractivity contribution in [1.29, 1.82) is 0 Å². The summed E-state index contributed by atoms with van der Waals surface area (Å²) in [6, 6.07) is 15.1. The molecule has 6 heteroatoms. The van der Waals surface area contributed by atoms with Crippen LogP contribution in [0.15, 0.2) is 42.5 Å². The Morgan fingerprint density at radius 3 is 2.48 bits per heavy atom. The van der Waals surface area contributed by atoms with Gasteiger partial charge < -0.3 is 25.5 Å². The van der Waals surface area contributed by atoms with Crippen molar-refractivity contribution in [2.45, 2.75) is 13.2 Å². The standard InChI is InChI=1S/C17H22N2O.ClH.2H2O/c1-3-20-17-13-18(2)11-12-19(17)16-10-6-8-14-7-4-5-9-15(14)16;;;/h4-10,17H,3,11-13H2,1-2H3;1H;2*1H2. The van der Waals surface area contributed by atoms with E-state index in [-0.39, 0.29) is 29.6 Å². The van der Waals surface area contributed by atoms with Crippen molar-refractivity contribution >= 4 is 28.9 Å². The maximum atomic E-state index is 5.95. The van der Waals surface area contributed by atoms with Gasteiger partial charge in [0.05, 0.1) is 0 Å². The Hall–Kier alpha value is -1.37. The first-order chi connectivity index (χ1) is 9.79. The molecule has 23 heavy (non-hydrogen) atoms. The van der Waals surface area contributed by atoms with Crippen molar-refractivity contribution in [1.82, 2.24) is 4.90 Å². The first-order valence-electron chi connectivity index (χ1n) is 7.34. The fourth-order valence-electron chi connectivity index (χ4n) is 2.95. The van der Waals surface area contributed by atoms with Crippen LogP contribution >= 0.6 is 12.4 Å². The molecule has 1 saturated heterocycles. The molecular formula is C17H27ClN2O3. The van der Waals surface area contributed by atoms with Gasteiger partial charge in [0.1, 0.15) is 6.23 Å². The van der Waals surface area contributed by atoms with E-state index < -0.39 is 0 Å². The van der Waals surface area contributed by atoms with Gasteiger partial charge >= 0.3 is 0 Å². The topological polar surface area (TPSA) is 78.7 Å². The third kappa shape index (κ3) is 4.56. The number of anilines is 1. The molecule has 5 nitrogen and oxygen atoms in total. The zero-order valence-corrected chi connectivity index (χ0v) is 14.5. The second-order valence-electron chi connectivity index (χ2n) is 5.36. The minimum atomic E-state index is 0. The molecule has 1 aliphatic heterocycles. The van der Waals surface area contributed by atoms with E-state index in [4.69, 9.17) is 4.74 Å². The summed E-state index contributed by atoms with van der Waals surface area (Å²) in [6.07, 6.45) is 0.143. The molecule has 3 rings (SSSR count). The molecule has 0 spiro atoms. The number of fused-ring (bicyclic) bond motifs is 1. The molecule has 1 unspecified atom stereocenters. The van der Waals surface area contributed by atoms with E-state index >= 15 is 0 Å². The van der Waals surface area contributed by atoms with Gasteiger partial charge in [0.25, 0.3) is 0 Å². The van der Waals surface area contributed by atoms with Crippen LogP contribution < -0.4 is 4.90 Å². The zero-order valence-electron chi connectivity index (χ0n) is 13.7. The van der Waals surface area contributed by atoms with Crippen molar-refractivity contribution < 1.29 is 15.7 Å². The second kappa shape index (κ2) is 9.70. The maximum Gasteiger partial charge on any atom is 0.142 e. The largest absolute Gasteiger partial charge is 0.412 e. The molecule has 0 radical (unpaired) electrons. The van der Waals surface area contributed by atoms with Crippen molar-refractivity contribution in [3.63, 3.8) is 0 Å². The molecule has 0 aromatic heterocycles. The number of nitrogens with zero attached hydrogens (tertiary/aromatic N) is 2. The molecule has 0 saturated carbocycles. The van der Waals surface area contributed by atoms with Crippen LogP contribution in [0.4, 0.5) is 5.69 Å². The number of hydrogen-bond acceptors (Lipinski definition) is 3. The van der Waals surface area contributed by atoms with Crippen LogP contribution in [0.3, 0.4) is 0 Å². The summed E-state index contributed by atoms with van der Waals surface area (Å²) in [6.45, 7) is 5.86. The summed E-state index contributed by atoms with van der Waals surface area (Å²) in [7, 11) is 2.16. The van der Waals surface area contributed by atoms with Gasteiger partial charge in [-0.1, -0.05) is 36.4 Å². The number of halogens is 1. The van der Waals surface area contributed by atoms with Gasteiger partial charge in [0.2, 0.25) is 0 Å². The Balaban J connectivity index is 0.00000161. The predicted octanol–water partition coefficient (Wildman–Crippen LogP) is 1.73. The average Bonchev–Trinajstić information content (AvgIpc) is 2.47. The lowest BCUT2D eigenvalue weighted by Gasteiger charge is -2.41. The van der Waals surface area contributed by atoms with Crippen LogP contribution in [-0.4, -0.2) is 55.4 Å². The van der Waals surface area contributed by atoms with Gasteiger partial charge in [-0.25, -0.2) is 0 Å². The Bertz CT molecular complexity index is 592. The van der Waals surface area contributed by atoms with Crippen LogP contribution in [0.5, 0.6) is 0 Å². The van der Waals surface area contributed by atoms with Gasteiger partial charge in [0, 0.05) is 37.3 Å². The van der Waals surface area contributed by atoms with Crippen molar-refractivity contribution in [2.24, 2.45) is 0 Å². The van der Waals surface area contributed by atoms with E-state index in [1.54, 1.807) is 0 Å². The van der Waals surface area contributed by atoms with Crippen molar-refractivity contribution in [3.05, 3.63) is 42.5 Å². The highest BCUT2D eigenvalue weighted by Crippen LogP contribution is 2.29. The summed E-state index contributed by atoms with van der Waals surface area (Å²) < 4.78 is 5.95. The third-order valence-electron chi connectivity index (χ3n) is 3.97. The van der Waals surface area contributed by atoms with Gasteiger partial charge in [-0.3, -0.25) is 0 Å². The molecule has 0 bridgehead atoms. The quantitative estimate of drug-likeness (QED) is 0.852. The van der Waals surface area contributed by atoms with E-state index in [1.807, 2.05) is 0 Å². The van der Waals surface area contributed by atoms with Crippen LogP contribution in [-0.2, 0) is 4.74 Å². The number of piperazine rings is 1. The summed E-state index contributed by atoms with van der Waals surface area (Å²) in [5.41, 5.74) is 1.29.